The minimum atomic E-state index is -4.34. The summed E-state index contributed by atoms with van der Waals surface area (Å²) in [5.41, 5.74) is 0. The number of nitrogens with zero attached hydrogens (tertiary/aromatic N) is 1. The highest BCUT2D eigenvalue weighted by Crippen LogP contribution is 2.38. The first-order valence-electron chi connectivity index (χ1n) is 10.1. The molecule has 10 heteroatoms. The molecule has 0 aromatic heterocycles. The zero-order chi connectivity index (χ0) is 24.4. The molecule has 0 saturated carbocycles. The lowest BCUT2D eigenvalue weighted by Gasteiger charge is -2.18. The van der Waals surface area contributed by atoms with Crippen LogP contribution >= 0.6 is 35.5 Å². The molecular formula is C24H20F5NOS3. The third kappa shape index (κ3) is 9.99. The van der Waals surface area contributed by atoms with Gasteiger partial charge in [0.15, 0.2) is 5.90 Å². The number of benzene rings is 3. The Morgan fingerprint density at radius 3 is 1.79 bits per heavy atom. The van der Waals surface area contributed by atoms with Crippen molar-refractivity contribution in [3.8, 4) is 0 Å². The molecule has 3 aromatic rings. The van der Waals surface area contributed by atoms with Crippen molar-refractivity contribution >= 4 is 41.4 Å². The van der Waals surface area contributed by atoms with Crippen molar-refractivity contribution in [1.82, 2.24) is 0 Å². The first-order valence-corrected chi connectivity index (χ1v) is 12.6. The quantitative estimate of drug-likeness (QED) is 0.0654. The highest BCUT2D eigenvalue weighted by molar-refractivity contribution is 8.17. The summed E-state index contributed by atoms with van der Waals surface area (Å²) in [5.74, 6) is -0.583. The van der Waals surface area contributed by atoms with Crippen LogP contribution in [0.5, 0.6) is 0 Å². The average molecular weight is 530 g/mol. The van der Waals surface area contributed by atoms with Crippen LogP contribution in [0.15, 0.2) is 97.9 Å². The second-order valence-corrected chi connectivity index (χ2v) is 10.6. The van der Waals surface area contributed by atoms with Crippen LogP contribution in [0.4, 0.5) is 22.0 Å². The molecule has 180 valence electrons. The molecule has 0 saturated heterocycles. The van der Waals surface area contributed by atoms with Gasteiger partial charge >= 0.3 is 6.18 Å². The van der Waals surface area contributed by atoms with E-state index in [-0.39, 0.29) is 28.5 Å². The SMILES string of the molecule is Fc1ccc(SC(CC(=NSc2ccccc2)OCCC(F)(F)F)Sc2ccc(F)cc2)cc1. The minimum absolute atomic E-state index is 0.160. The van der Waals surface area contributed by atoms with E-state index < -0.39 is 19.2 Å². The Morgan fingerprint density at radius 2 is 1.29 bits per heavy atom. The molecule has 2 nitrogen and oxygen atoms in total. The molecule has 0 unspecified atom stereocenters. The molecule has 0 bridgehead atoms. The van der Waals surface area contributed by atoms with E-state index in [9.17, 15) is 22.0 Å². The van der Waals surface area contributed by atoms with Crippen LogP contribution < -0.4 is 0 Å². The van der Waals surface area contributed by atoms with Crippen molar-refractivity contribution in [2.45, 2.75) is 38.3 Å². The Kier molecular flexibility index (Phi) is 10.2. The molecule has 0 aliphatic rings. The highest BCUT2D eigenvalue weighted by Gasteiger charge is 2.27. The van der Waals surface area contributed by atoms with Gasteiger partial charge in [0, 0.05) is 33.1 Å². The van der Waals surface area contributed by atoms with Gasteiger partial charge in [0.05, 0.1) is 17.6 Å². The summed E-state index contributed by atoms with van der Waals surface area (Å²) >= 11 is 3.90. The smallest absolute Gasteiger partial charge is 0.392 e. The van der Waals surface area contributed by atoms with Gasteiger partial charge < -0.3 is 4.74 Å². The van der Waals surface area contributed by atoms with Crippen LogP contribution in [0.3, 0.4) is 0 Å². The standard InChI is InChI=1S/C24H20F5NOS3/c25-17-6-10-19(11-7-17)32-23(33-20-12-8-18(26)9-13-20)16-22(31-15-14-24(27,28)29)30-34-21-4-2-1-3-5-21/h1-13,23H,14-16H2. The van der Waals surface area contributed by atoms with Gasteiger partial charge in [-0.15, -0.1) is 23.5 Å². The van der Waals surface area contributed by atoms with E-state index in [0.717, 1.165) is 26.6 Å². The summed E-state index contributed by atoms with van der Waals surface area (Å²) in [6.45, 7) is -0.549. The molecule has 34 heavy (non-hydrogen) atoms. The van der Waals surface area contributed by atoms with Gasteiger partial charge in [0.2, 0.25) is 0 Å². The summed E-state index contributed by atoms with van der Waals surface area (Å²) in [6.07, 6.45) is -5.24. The maximum Gasteiger partial charge on any atom is 0.392 e. The van der Waals surface area contributed by atoms with Gasteiger partial charge in [-0.05, 0) is 60.7 Å². The number of thioether (sulfide) groups is 2. The fourth-order valence-corrected chi connectivity index (χ4v) is 5.69. The Labute approximate surface area is 207 Å². The van der Waals surface area contributed by atoms with Crippen molar-refractivity contribution in [1.29, 1.82) is 0 Å². The Bertz CT molecular complexity index is 997. The zero-order valence-electron chi connectivity index (χ0n) is 17.7. The molecule has 0 radical (unpaired) electrons. The summed E-state index contributed by atoms with van der Waals surface area (Å²) in [6, 6.07) is 21.0. The molecule has 0 fully saturated rings. The molecule has 0 aliphatic carbocycles. The molecule has 0 aliphatic heterocycles. The zero-order valence-corrected chi connectivity index (χ0v) is 20.1. The van der Waals surface area contributed by atoms with Crippen molar-refractivity contribution in [3.63, 3.8) is 0 Å². The molecule has 0 amide bonds. The summed E-state index contributed by atoms with van der Waals surface area (Å²) in [7, 11) is 0. The van der Waals surface area contributed by atoms with Gasteiger partial charge in [-0.25, -0.2) is 8.78 Å². The fraction of sp³-hybridized carbons (Fsp3) is 0.208. The van der Waals surface area contributed by atoms with E-state index in [4.69, 9.17) is 4.74 Å². The lowest BCUT2D eigenvalue weighted by molar-refractivity contribution is -0.140. The molecule has 0 heterocycles. The minimum Gasteiger partial charge on any atom is -0.480 e. The number of halogens is 5. The van der Waals surface area contributed by atoms with Gasteiger partial charge in [0.25, 0.3) is 0 Å². The second kappa shape index (κ2) is 13.1. The molecule has 0 atom stereocenters. The predicted octanol–water partition coefficient (Wildman–Crippen LogP) is 8.64. The number of alkyl halides is 3. The van der Waals surface area contributed by atoms with Gasteiger partial charge in [-0.1, -0.05) is 18.2 Å². The average Bonchev–Trinajstić information content (AvgIpc) is 2.80. The molecular weight excluding hydrogens is 509 g/mol. The van der Waals surface area contributed by atoms with E-state index >= 15 is 0 Å². The van der Waals surface area contributed by atoms with E-state index in [1.54, 1.807) is 24.3 Å². The maximum atomic E-state index is 13.3. The number of ether oxygens (including phenoxy) is 1. The fourth-order valence-electron chi connectivity index (χ4n) is 2.57. The molecule has 3 aromatic carbocycles. The first-order chi connectivity index (χ1) is 16.3. The first kappa shape index (κ1) is 26.4. The van der Waals surface area contributed by atoms with Crippen LogP contribution in [-0.4, -0.2) is 23.3 Å². The Hall–Kier alpha value is -2.17. The van der Waals surface area contributed by atoms with Crippen LogP contribution in [0.2, 0.25) is 0 Å². The lowest BCUT2D eigenvalue weighted by Crippen LogP contribution is -2.17. The van der Waals surface area contributed by atoms with Crippen molar-refractivity contribution in [2.24, 2.45) is 4.40 Å². The van der Waals surface area contributed by atoms with Crippen LogP contribution in [-0.2, 0) is 4.74 Å². The van der Waals surface area contributed by atoms with E-state index in [2.05, 4.69) is 4.40 Å². The number of rotatable bonds is 10. The van der Waals surface area contributed by atoms with Gasteiger partial charge in [-0.3, -0.25) is 0 Å². The molecule has 0 spiro atoms. The normalized spacial score (nSPS) is 12.2. The van der Waals surface area contributed by atoms with Crippen molar-refractivity contribution < 1.29 is 26.7 Å². The summed E-state index contributed by atoms with van der Waals surface area (Å²) < 4.78 is 74.2. The second-order valence-electron chi connectivity index (χ2n) is 6.88. The van der Waals surface area contributed by atoms with Crippen molar-refractivity contribution in [2.75, 3.05) is 6.61 Å². The molecule has 0 N–H and O–H groups in total. The predicted molar refractivity (Wildman–Crippen MR) is 129 cm³/mol. The van der Waals surface area contributed by atoms with Crippen molar-refractivity contribution in [3.05, 3.63) is 90.5 Å². The number of hydrogen-bond donors (Lipinski definition) is 0. The topological polar surface area (TPSA) is 21.6 Å². The van der Waals surface area contributed by atoms with Crippen LogP contribution in [0, 0.1) is 11.6 Å². The third-order valence-corrected chi connectivity index (χ3v) is 7.46. The third-order valence-electron chi connectivity index (χ3n) is 4.15. The Balaban J connectivity index is 1.79. The number of hydrogen-bond acceptors (Lipinski definition) is 5. The maximum absolute atomic E-state index is 13.3. The lowest BCUT2D eigenvalue weighted by atomic mass is 10.3. The van der Waals surface area contributed by atoms with Gasteiger partial charge in [-0.2, -0.15) is 17.6 Å². The Morgan fingerprint density at radius 1 is 0.765 bits per heavy atom. The van der Waals surface area contributed by atoms with Crippen LogP contribution in [0.25, 0.3) is 0 Å². The van der Waals surface area contributed by atoms with E-state index in [0.29, 0.717) is 0 Å². The van der Waals surface area contributed by atoms with Crippen LogP contribution in [0.1, 0.15) is 12.8 Å². The van der Waals surface area contributed by atoms with E-state index in [1.807, 2.05) is 30.3 Å². The largest absolute Gasteiger partial charge is 0.480 e. The van der Waals surface area contributed by atoms with Gasteiger partial charge in [0.1, 0.15) is 11.6 Å². The van der Waals surface area contributed by atoms with E-state index in [1.165, 1.54) is 47.8 Å². The monoisotopic (exact) mass is 529 g/mol. The molecule has 3 rings (SSSR count). The highest BCUT2D eigenvalue weighted by atomic mass is 32.2. The summed E-state index contributed by atoms with van der Waals surface area (Å²) in [5, 5.41) is 0. The summed E-state index contributed by atoms with van der Waals surface area (Å²) in [4.78, 5) is 2.35.